The molecule has 0 aromatic heterocycles. The lowest BCUT2D eigenvalue weighted by Gasteiger charge is -2.26. The zero-order valence-electron chi connectivity index (χ0n) is 8.84. The van der Waals surface area contributed by atoms with Gasteiger partial charge in [0.15, 0.2) is 6.17 Å². The van der Waals surface area contributed by atoms with Crippen molar-refractivity contribution in [3.8, 4) is 0 Å². The predicted octanol–water partition coefficient (Wildman–Crippen LogP) is 0.518. The summed E-state index contributed by atoms with van der Waals surface area (Å²) >= 11 is 0. The monoisotopic (exact) mass is 230 g/mol. The number of hydrogen-bond donors (Lipinski definition) is 1. The van der Waals surface area contributed by atoms with Gasteiger partial charge in [-0.25, -0.2) is 10.9 Å². The molecule has 0 fully saturated rings. The maximum absolute atomic E-state index is 11.7. The standard InChI is InChI=1S/C10H10N6O/c11-16-10(17)8-6-12-15(9(8)13-14-16)7-4-2-1-3-5-7/h1-6,8-9H,11H2/t8-,9+/m0/s1. The molecule has 7 nitrogen and oxygen atoms in total. The van der Waals surface area contributed by atoms with E-state index in [1.54, 1.807) is 11.2 Å². The number of hydrogen-bond acceptors (Lipinski definition) is 6. The summed E-state index contributed by atoms with van der Waals surface area (Å²) in [5, 5.41) is 14.2. The lowest BCUT2D eigenvalue weighted by atomic mass is 10.1. The van der Waals surface area contributed by atoms with Gasteiger partial charge in [-0.15, -0.1) is 10.2 Å². The number of hydrazine groups is 1. The third-order valence-corrected chi connectivity index (χ3v) is 2.72. The van der Waals surface area contributed by atoms with Crippen molar-refractivity contribution in [1.82, 2.24) is 5.12 Å². The number of rotatable bonds is 1. The van der Waals surface area contributed by atoms with Gasteiger partial charge in [-0.05, 0) is 12.1 Å². The van der Waals surface area contributed by atoms with Crippen molar-refractivity contribution in [2.24, 2.45) is 27.2 Å². The molecule has 2 heterocycles. The molecule has 2 N–H and O–H groups in total. The van der Waals surface area contributed by atoms with Gasteiger partial charge in [0, 0.05) is 6.21 Å². The molecule has 86 valence electrons. The Hall–Kier alpha value is -2.28. The number of nitrogens with zero attached hydrogens (tertiary/aromatic N) is 5. The van der Waals surface area contributed by atoms with E-state index < -0.39 is 12.1 Å². The van der Waals surface area contributed by atoms with Crippen LogP contribution in [0.2, 0.25) is 0 Å². The Morgan fingerprint density at radius 1 is 1.24 bits per heavy atom. The van der Waals surface area contributed by atoms with Gasteiger partial charge in [-0.2, -0.15) is 5.10 Å². The third kappa shape index (κ3) is 1.48. The highest BCUT2D eigenvalue weighted by Gasteiger charge is 2.41. The van der Waals surface area contributed by atoms with Crippen LogP contribution < -0.4 is 10.9 Å². The summed E-state index contributed by atoms with van der Waals surface area (Å²) in [6, 6.07) is 9.50. The SMILES string of the molecule is NN1N=N[C@H]2[C@H](C=NN2c2ccccc2)C1=O. The molecule has 7 heteroatoms. The van der Waals surface area contributed by atoms with Crippen molar-refractivity contribution in [3.05, 3.63) is 30.3 Å². The van der Waals surface area contributed by atoms with Gasteiger partial charge >= 0.3 is 0 Å². The lowest BCUT2D eigenvalue weighted by Crippen LogP contribution is -2.47. The highest BCUT2D eigenvalue weighted by Crippen LogP contribution is 2.29. The van der Waals surface area contributed by atoms with Crippen molar-refractivity contribution in [3.63, 3.8) is 0 Å². The maximum atomic E-state index is 11.7. The molecular weight excluding hydrogens is 220 g/mol. The summed E-state index contributed by atoms with van der Waals surface area (Å²) in [6.45, 7) is 0. The van der Waals surface area contributed by atoms with E-state index in [0.717, 1.165) is 10.8 Å². The molecule has 1 aromatic carbocycles. The second-order valence-corrected chi connectivity index (χ2v) is 3.77. The van der Waals surface area contributed by atoms with Crippen LogP contribution in [-0.2, 0) is 4.79 Å². The molecule has 2 atom stereocenters. The zero-order chi connectivity index (χ0) is 11.8. The van der Waals surface area contributed by atoms with Crippen LogP contribution in [0.1, 0.15) is 0 Å². The van der Waals surface area contributed by atoms with E-state index in [2.05, 4.69) is 15.4 Å². The van der Waals surface area contributed by atoms with E-state index >= 15 is 0 Å². The van der Waals surface area contributed by atoms with Gasteiger partial charge in [-0.1, -0.05) is 23.4 Å². The van der Waals surface area contributed by atoms with Gasteiger partial charge < -0.3 is 0 Å². The van der Waals surface area contributed by atoms with Gasteiger partial charge in [-0.3, -0.25) is 4.79 Å². The minimum absolute atomic E-state index is 0.299. The van der Waals surface area contributed by atoms with Crippen LogP contribution in [0.3, 0.4) is 0 Å². The fourth-order valence-electron chi connectivity index (χ4n) is 1.86. The third-order valence-electron chi connectivity index (χ3n) is 2.72. The minimum atomic E-state index is -0.460. The average Bonchev–Trinajstić information content (AvgIpc) is 2.79. The molecule has 2 aliphatic rings. The second kappa shape index (κ2) is 3.63. The highest BCUT2D eigenvalue weighted by molar-refractivity contribution is 5.96. The van der Waals surface area contributed by atoms with Crippen LogP contribution in [0.15, 0.2) is 45.8 Å². The van der Waals surface area contributed by atoms with E-state index in [1.807, 2.05) is 30.3 Å². The van der Waals surface area contributed by atoms with Gasteiger partial charge in [0.05, 0.1) is 5.69 Å². The topological polar surface area (TPSA) is 86.7 Å². The molecular formula is C10H10N6O. The average molecular weight is 230 g/mol. The molecule has 1 aromatic rings. The second-order valence-electron chi connectivity index (χ2n) is 3.77. The van der Waals surface area contributed by atoms with Gasteiger partial charge in [0.2, 0.25) is 0 Å². The summed E-state index contributed by atoms with van der Waals surface area (Å²) in [6.07, 6.45) is 1.13. The first kappa shape index (κ1) is 9.91. The molecule has 0 saturated heterocycles. The van der Waals surface area contributed by atoms with Crippen molar-refractivity contribution >= 4 is 17.8 Å². The zero-order valence-corrected chi connectivity index (χ0v) is 8.84. The number of carbonyl (C=O) groups excluding carboxylic acids is 1. The lowest BCUT2D eigenvalue weighted by molar-refractivity contribution is -0.136. The number of amides is 1. The Bertz CT molecular complexity index is 499. The summed E-state index contributed by atoms with van der Waals surface area (Å²) in [4.78, 5) is 11.7. The van der Waals surface area contributed by atoms with Crippen LogP contribution in [0.5, 0.6) is 0 Å². The van der Waals surface area contributed by atoms with Gasteiger partial charge in [0.1, 0.15) is 5.92 Å². The molecule has 0 saturated carbocycles. The van der Waals surface area contributed by atoms with E-state index in [1.165, 1.54) is 0 Å². The minimum Gasteiger partial charge on any atom is -0.270 e. The van der Waals surface area contributed by atoms with Crippen LogP contribution in [0, 0.1) is 5.92 Å². The van der Waals surface area contributed by atoms with Crippen molar-refractivity contribution < 1.29 is 4.79 Å². The van der Waals surface area contributed by atoms with Crippen molar-refractivity contribution in [2.75, 3.05) is 5.01 Å². The number of carbonyl (C=O) groups is 1. The number of para-hydroxylation sites is 1. The summed E-state index contributed by atoms with van der Waals surface area (Å²) in [5.41, 5.74) is 0.869. The van der Waals surface area contributed by atoms with Crippen LogP contribution >= 0.6 is 0 Å². The van der Waals surface area contributed by atoms with Gasteiger partial charge in [0.25, 0.3) is 5.91 Å². The number of fused-ring (bicyclic) bond motifs is 1. The molecule has 0 unspecified atom stereocenters. The van der Waals surface area contributed by atoms with E-state index in [4.69, 9.17) is 5.84 Å². The Morgan fingerprint density at radius 3 is 2.76 bits per heavy atom. The normalized spacial score (nSPS) is 26.5. The molecule has 1 amide bonds. The Kier molecular flexibility index (Phi) is 2.12. The Labute approximate surface area is 97.2 Å². The highest BCUT2D eigenvalue weighted by atomic mass is 16.2. The smallest absolute Gasteiger partial charge is 0.270 e. The van der Waals surface area contributed by atoms with E-state index in [-0.39, 0.29) is 5.91 Å². The van der Waals surface area contributed by atoms with Crippen LogP contribution in [0.4, 0.5) is 5.69 Å². The van der Waals surface area contributed by atoms with Crippen molar-refractivity contribution in [1.29, 1.82) is 0 Å². The fraction of sp³-hybridized carbons (Fsp3) is 0.200. The first-order valence-corrected chi connectivity index (χ1v) is 5.15. The quantitative estimate of drug-likeness (QED) is 0.563. The molecule has 0 radical (unpaired) electrons. The summed E-state index contributed by atoms with van der Waals surface area (Å²) < 4.78 is 0. The number of anilines is 1. The predicted molar refractivity (Wildman–Crippen MR) is 60.6 cm³/mol. The number of nitrogens with two attached hydrogens (primary N) is 1. The number of benzene rings is 1. The largest absolute Gasteiger partial charge is 0.271 e. The fourth-order valence-corrected chi connectivity index (χ4v) is 1.86. The van der Waals surface area contributed by atoms with Crippen molar-refractivity contribution in [2.45, 2.75) is 6.17 Å². The van der Waals surface area contributed by atoms with E-state index in [9.17, 15) is 4.79 Å². The molecule has 0 aliphatic carbocycles. The molecule has 2 aliphatic heterocycles. The van der Waals surface area contributed by atoms with Crippen LogP contribution in [-0.4, -0.2) is 23.4 Å². The molecule has 17 heavy (non-hydrogen) atoms. The Balaban J connectivity index is 1.94. The molecule has 0 bridgehead atoms. The molecule has 0 spiro atoms. The first-order chi connectivity index (χ1) is 8.27. The maximum Gasteiger partial charge on any atom is 0.271 e. The van der Waals surface area contributed by atoms with E-state index in [0.29, 0.717) is 0 Å². The molecule has 3 rings (SSSR count). The summed E-state index contributed by atoms with van der Waals surface area (Å²) in [7, 11) is 0. The summed E-state index contributed by atoms with van der Waals surface area (Å²) in [5.74, 6) is 4.60. The first-order valence-electron chi connectivity index (χ1n) is 5.15. The Morgan fingerprint density at radius 2 is 2.00 bits per heavy atom. The van der Waals surface area contributed by atoms with Crippen LogP contribution in [0.25, 0.3) is 0 Å². The number of hydrazone groups is 1.